The molecule has 0 radical (unpaired) electrons. The molecule has 1 atom stereocenters. The molecule has 74 valence electrons. The predicted octanol–water partition coefficient (Wildman–Crippen LogP) is 1.33. The minimum absolute atomic E-state index is 0.245. The minimum Gasteiger partial charge on any atom is -0.385 e. The maximum absolute atomic E-state index is 9.40. The van der Waals surface area contributed by atoms with Crippen LogP contribution in [-0.4, -0.2) is 16.6 Å². The van der Waals surface area contributed by atoms with E-state index in [2.05, 4.69) is 18.8 Å². The standard InChI is InChI=1S/C9H16N2OS/c1-6(2)3-7-5-13-9(11-7)8(12)4-10/h5-6,8,12H,3-4,10H2,1-2H3. The van der Waals surface area contributed by atoms with Gasteiger partial charge in [-0.25, -0.2) is 4.98 Å². The second kappa shape index (κ2) is 4.69. The highest BCUT2D eigenvalue weighted by Crippen LogP contribution is 2.18. The number of aromatic nitrogens is 1. The van der Waals surface area contributed by atoms with E-state index in [-0.39, 0.29) is 6.54 Å². The largest absolute Gasteiger partial charge is 0.385 e. The molecule has 1 unspecified atom stereocenters. The number of aliphatic hydroxyl groups excluding tert-OH is 1. The Kier molecular flexibility index (Phi) is 3.84. The zero-order chi connectivity index (χ0) is 9.84. The summed E-state index contributed by atoms with van der Waals surface area (Å²) in [6, 6.07) is 0. The number of thiazole rings is 1. The van der Waals surface area contributed by atoms with Gasteiger partial charge in [-0.1, -0.05) is 13.8 Å². The third kappa shape index (κ3) is 3.06. The molecular weight excluding hydrogens is 184 g/mol. The first-order valence-corrected chi connectivity index (χ1v) is 5.34. The summed E-state index contributed by atoms with van der Waals surface area (Å²) in [5, 5.41) is 12.1. The summed E-state index contributed by atoms with van der Waals surface area (Å²) >= 11 is 1.48. The molecule has 0 aliphatic heterocycles. The number of aliphatic hydroxyl groups is 1. The van der Waals surface area contributed by atoms with Gasteiger partial charge >= 0.3 is 0 Å². The van der Waals surface area contributed by atoms with E-state index in [1.54, 1.807) is 0 Å². The molecule has 4 heteroatoms. The minimum atomic E-state index is -0.592. The van der Waals surface area contributed by atoms with Crippen LogP contribution < -0.4 is 5.73 Å². The molecule has 1 aromatic heterocycles. The van der Waals surface area contributed by atoms with Crippen LogP contribution in [0, 0.1) is 5.92 Å². The van der Waals surface area contributed by atoms with Crippen molar-refractivity contribution in [1.29, 1.82) is 0 Å². The fourth-order valence-electron chi connectivity index (χ4n) is 1.09. The summed E-state index contributed by atoms with van der Waals surface area (Å²) in [5.41, 5.74) is 6.39. The van der Waals surface area contributed by atoms with Crippen molar-refractivity contribution in [1.82, 2.24) is 4.98 Å². The first-order valence-electron chi connectivity index (χ1n) is 4.46. The van der Waals surface area contributed by atoms with E-state index in [1.807, 2.05) is 5.38 Å². The average Bonchev–Trinajstić information content (AvgIpc) is 2.50. The van der Waals surface area contributed by atoms with Gasteiger partial charge in [0.05, 0.1) is 5.69 Å². The predicted molar refractivity (Wildman–Crippen MR) is 54.7 cm³/mol. The van der Waals surface area contributed by atoms with E-state index in [1.165, 1.54) is 11.3 Å². The fourth-order valence-corrected chi connectivity index (χ4v) is 1.92. The molecule has 13 heavy (non-hydrogen) atoms. The van der Waals surface area contributed by atoms with E-state index in [0.717, 1.165) is 17.1 Å². The van der Waals surface area contributed by atoms with Crippen LogP contribution in [0.25, 0.3) is 0 Å². The van der Waals surface area contributed by atoms with Crippen LogP contribution in [0.3, 0.4) is 0 Å². The zero-order valence-electron chi connectivity index (χ0n) is 8.03. The quantitative estimate of drug-likeness (QED) is 0.771. The van der Waals surface area contributed by atoms with E-state index in [9.17, 15) is 5.11 Å². The molecule has 0 saturated carbocycles. The van der Waals surface area contributed by atoms with Crippen LogP contribution in [0.2, 0.25) is 0 Å². The number of hydrogen-bond donors (Lipinski definition) is 2. The lowest BCUT2D eigenvalue weighted by molar-refractivity contribution is 0.186. The number of hydrogen-bond acceptors (Lipinski definition) is 4. The van der Waals surface area contributed by atoms with Crippen LogP contribution in [0.5, 0.6) is 0 Å². The Labute approximate surface area is 82.6 Å². The molecule has 0 spiro atoms. The SMILES string of the molecule is CC(C)Cc1csc(C(O)CN)n1. The zero-order valence-corrected chi connectivity index (χ0v) is 8.84. The van der Waals surface area contributed by atoms with E-state index in [0.29, 0.717) is 5.92 Å². The molecule has 0 fully saturated rings. The fraction of sp³-hybridized carbons (Fsp3) is 0.667. The van der Waals surface area contributed by atoms with Gasteiger partial charge in [-0.3, -0.25) is 0 Å². The Hall–Kier alpha value is -0.450. The van der Waals surface area contributed by atoms with Crippen molar-refractivity contribution < 1.29 is 5.11 Å². The highest BCUT2D eigenvalue weighted by Gasteiger charge is 2.10. The topological polar surface area (TPSA) is 59.1 Å². The van der Waals surface area contributed by atoms with E-state index < -0.39 is 6.10 Å². The summed E-state index contributed by atoms with van der Waals surface area (Å²) < 4.78 is 0. The molecule has 0 aliphatic carbocycles. The summed E-state index contributed by atoms with van der Waals surface area (Å²) in [4.78, 5) is 4.31. The Balaban J connectivity index is 2.63. The van der Waals surface area contributed by atoms with Crippen LogP contribution in [0.4, 0.5) is 0 Å². The Morgan fingerprint density at radius 2 is 2.31 bits per heavy atom. The van der Waals surface area contributed by atoms with Crippen LogP contribution in [-0.2, 0) is 6.42 Å². The van der Waals surface area contributed by atoms with Gasteiger partial charge in [-0.2, -0.15) is 0 Å². The van der Waals surface area contributed by atoms with E-state index in [4.69, 9.17) is 5.73 Å². The molecule has 0 saturated heterocycles. The maximum atomic E-state index is 9.40. The molecule has 1 heterocycles. The van der Waals surface area contributed by atoms with Crippen LogP contribution in [0.1, 0.15) is 30.7 Å². The molecule has 3 nitrogen and oxygen atoms in total. The van der Waals surface area contributed by atoms with Crippen molar-refractivity contribution >= 4 is 11.3 Å². The van der Waals surface area contributed by atoms with Crippen molar-refractivity contribution in [2.75, 3.05) is 6.54 Å². The number of nitrogens with two attached hydrogens (primary N) is 1. The molecule has 0 amide bonds. The summed E-state index contributed by atoms with van der Waals surface area (Å²) in [7, 11) is 0. The van der Waals surface area contributed by atoms with Gasteiger partial charge < -0.3 is 10.8 Å². The monoisotopic (exact) mass is 200 g/mol. The maximum Gasteiger partial charge on any atom is 0.123 e. The highest BCUT2D eigenvalue weighted by molar-refractivity contribution is 7.09. The van der Waals surface area contributed by atoms with Gasteiger partial charge in [-0.05, 0) is 12.3 Å². The molecule has 0 bridgehead atoms. The molecule has 3 N–H and O–H groups in total. The number of rotatable bonds is 4. The molecule has 1 rings (SSSR count). The first-order chi connectivity index (χ1) is 6.13. The van der Waals surface area contributed by atoms with Crippen LogP contribution >= 0.6 is 11.3 Å². The second-order valence-corrected chi connectivity index (χ2v) is 4.42. The van der Waals surface area contributed by atoms with Gasteiger partial charge in [0.25, 0.3) is 0 Å². The third-order valence-corrected chi connectivity index (χ3v) is 2.69. The lowest BCUT2D eigenvalue weighted by atomic mass is 10.1. The molecule has 0 aromatic carbocycles. The van der Waals surface area contributed by atoms with Crippen molar-refractivity contribution in [3.8, 4) is 0 Å². The lowest BCUT2D eigenvalue weighted by Gasteiger charge is -2.02. The second-order valence-electron chi connectivity index (χ2n) is 3.53. The third-order valence-electron chi connectivity index (χ3n) is 1.70. The van der Waals surface area contributed by atoms with Gasteiger partial charge in [0.1, 0.15) is 11.1 Å². The normalized spacial score (nSPS) is 13.6. The summed E-state index contributed by atoms with van der Waals surface area (Å²) in [6.07, 6.45) is 0.374. The van der Waals surface area contributed by atoms with Crippen LogP contribution in [0.15, 0.2) is 5.38 Å². The molecular formula is C9H16N2OS. The van der Waals surface area contributed by atoms with Crippen molar-refractivity contribution in [3.63, 3.8) is 0 Å². The summed E-state index contributed by atoms with van der Waals surface area (Å²) in [6.45, 7) is 4.55. The smallest absolute Gasteiger partial charge is 0.123 e. The van der Waals surface area contributed by atoms with Gasteiger partial charge in [0.2, 0.25) is 0 Å². The Morgan fingerprint density at radius 3 is 2.85 bits per heavy atom. The Morgan fingerprint density at radius 1 is 1.62 bits per heavy atom. The van der Waals surface area contributed by atoms with Gasteiger partial charge in [0.15, 0.2) is 0 Å². The van der Waals surface area contributed by atoms with Gasteiger partial charge in [-0.15, -0.1) is 11.3 Å². The Bertz CT molecular complexity index is 260. The van der Waals surface area contributed by atoms with Crippen molar-refractivity contribution in [3.05, 3.63) is 16.1 Å². The van der Waals surface area contributed by atoms with Gasteiger partial charge in [0, 0.05) is 11.9 Å². The van der Waals surface area contributed by atoms with E-state index >= 15 is 0 Å². The van der Waals surface area contributed by atoms with Crippen molar-refractivity contribution in [2.45, 2.75) is 26.4 Å². The summed E-state index contributed by atoms with van der Waals surface area (Å²) in [5.74, 6) is 0.602. The molecule has 1 aromatic rings. The van der Waals surface area contributed by atoms with Crippen molar-refractivity contribution in [2.24, 2.45) is 11.7 Å². The number of nitrogens with zero attached hydrogens (tertiary/aromatic N) is 1. The average molecular weight is 200 g/mol. The lowest BCUT2D eigenvalue weighted by Crippen LogP contribution is -2.11. The highest BCUT2D eigenvalue weighted by atomic mass is 32.1. The molecule has 0 aliphatic rings. The first kappa shape index (κ1) is 10.6.